The normalized spacial score (nSPS) is 10.8. The molecule has 0 saturated carbocycles. The molecule has 0 bridgehead atoms. The summed E-state index contributed by atoms with van der Waals surface area (Å²) in [6, 6.07) is 16.2. The highest BCUT2D eigenvalue weighted by atomic mass is 35.5. The second-order valence-electron chi connectivity index (χ2n) is 6.06. The Morgan fingerprint density at radius 2 is 1.76 bits per heavy atom. The second-order valence-corrected chi connectivity index (χ2v) is 7.90. The number of anilines is 1. The molecule has 1 heterocycles. The largest absolute Gasteiger partial charge is 0.321 e. The van der Waals surface area contributed by atoms with Crippen LogP contribution in [0, 0.1) is 10.1 Å². The number of aromatic nitrogens is 1. The standard InChI is InChI=1S/C20H11Cl2N3O3S/c21-14-10-15(22)17(23-19(26)11-5-7-12(8-6-11)25(27)28)9-13(14)20-24-16-3-1-2-4-18(16)29-20/h1-10H,(H,23,26). The molecule has 0 unspecified atom stereocenters. The smallest absolute Gasteiger partial charge is 0.269 e. The minimum atomic E-state index is -0.526. The Hall–Kier alpha value is -3.00. The van der Waals surface area contributed by atoms with Crippen molar-refractivity contribution in [2.75, 3.05) is 5.32 Å². The van der Waals surface area contributed by atoms with E-state index in [0.717, 1.165) is 10.2 Å². The summed E-state index contributed by atoms with van der Waals surface area (Å²) in [4.78, 5) is 27.4. The van der Waals surface area contributed by atoms with E-state index in [9.17, 15) is 14.9 Å². The number of rotatable bonds is 4. The van der Waals surface area contributed by atoms with Crippen molar-refractivity contribution in [1.29, 1.82) is 0 Å². The Balaban J connectivity index is 1.66. The summed E-state index contributed by atoms with van der Waals surface area (Å²) in [5.74, 6) is -0.445. The molecule has 0 spiro atoms. The second kappa shape index (κ2) is 7.79. The molecule has 0 radical (unpaired) electrons. The lowest BCUT2D eigenvalue weighted by atomic mass is 10.1. The Kier molecular flexibility index (Phi) is 5.19. The number of benzene rings is 3. The van der Waals surface area contributed by atoms with Gasteiger partial charge in [-0.05, 0) is 36.4 Å². The van der Waals surface area contributed by atoms with Gasteiger partial charge in [0.1, 0.15) is 5.01 Å². The van der Waals surface area contributed by atoms with Gasteiger partial charge in [-0.1, -0.05) is 35.3 Å². The first-order chi connectivity index (χ1) is 13.9. The van der Waals surface area contributed by atoms with E-state index in [1.807, 2.05) is 24.3 Å². The van der Waals surface area contributed by atoms with Crippen LogP contribution in [0.5, 0.6) is 0 Å². The number of hydrogen-bond donors (Lipinski definition) is 1. The van der Waals surface area contributed by atoms with Crippen LogP contribution >= 0.6 is 34.5 Å². The summed E-state index contributed by atoms with van der Waals surface area (Å²) < 4.78 is 1.02. The van der Waals surface area contributed by atoms with Crippen molar-refractivity contribution in [3.8, 4) is 10.6 Å². The highest BCUT2D eigenvalue weighted by Gasteiger charge is 2.16. The molecule has 6 nitrogen and oxygen atoms in total. The van der Waals surface area contributed by atoms with Crippen molar-refractivity contribution in [1.82, 2.24) is 4.98 Å². The van der Waals surface area contributed by atoms with Gasteiger partial charge in [0.25, 0.3) is 11.6 Å². The van der Waals surface area contributed by atoms with Crippen LogP contribution in [0.2, 0.25) is 10.0 Å². The first kappa shape index (κ1) is 19.3. The van der Waals surface area contributed by atoms with Crippen LogP contribution in [0.25, 0.3) is 20.8 Å². The lowest BCUT2D eigenvalue weighted by molar-refractivity contribution is -0.384. The maximum atomic E-state index is 12.5. The number of nitrogens with zero attached hydrogens (tertiary/aromatic N) is 2. The summed E-state index contributed by atoms with van der Waals surface area (Å²) in [5.41, 5.74) is 2.05. The van der Waals surface area contributed by atoms with Gasteiger partial charge in [0.05, 0.1) is 30.9 Å². The van der Waals surface area contributed by atoms with Crippen molar-refractivity contribution in [3.05, 3.63) is 86.4 Å². The van der Waals surface area contributed by atoms with Gasteiger partial charge in [-0.15, -0.1) is 11.3 Å². The van der Waals surface area contributed by atoms with Crippen molar-refractivity contribution in [2.45, 2.75) is 0 Å². The summed E-state index contributed by atoms with van der Waals surface area (Å²) in [5, 5.41) is 14.9. The van der Waals surface area contributed by atoms with Crippen LogP contribution in [-0.2, 0) is 0 Å². The zero-order valence-corrected chi connectivity index (χ0v) is 16.9. The molecule has 9 heteroatoms. The van der Waals surface area contributed by atoms with Gasteiger partial charge in [-0.3, -0.25) is 14.9 Å². The minimum Gasteiger partial charge on any atom is -0.321 e. The molecule has 29 heavy (non-hydrogen) atoms. The molecule has 4 rings (SSSR count). The highest BCUT2D eigenvalue weighted by molar-refractivity contribution is 7.21. The molecule has 0 saturated heterocycles. The third-order valence-corrected chi connectivity index (χ3v) is 5.86. The molecule has 1 amide bonds. The number of nitro groups is 1. The van der Waals surface area contributed by atoms with Crippen LogP contribution < -0.4 is 5.32 Å². The Labute approximate surface area is 178 Å². The first-order valence-electron chi connectivity index (χ1n) is 8.33. The van der Waals surface area contributed by atoms with Gasteiger partial charge < -0.3 is 5.32 Å². The van der Waals surface area contributed by atoms with Crippen LogP contribution in [0.4, 0.5) is 11.4 Å². The predicted molar refractivity (Wildman–Crippen MR) is 116 cm³/mol. The van der Waals surface area contributed by atoms with Gasteiger partial charge >= 0.3 is 0 Å². The average molecular weight is 444 g/mol. The summed E-state index contributed by atoms with van der Waals surface area (Å²) in [6.07, 6.45) is 0. The molecule has 0 aliphatic carbocycles. The van der Waals surface area contributed by atoms with Crippen LogP contribution in [-0.4, -0.2) is 15.8 Å². The number of carbonyl (C=O) groups is 1. The zero-order chi connectivity index (χ0) is 20.5. The van der Waals surface area contributed by atoms with E-state index in [2.05, 4.69) is 10.3 Å². The average Bonchev–Trinajstić information content (AvgIpc) is 3.14. The SMILES string of the molecule is O=C(Nc1cc(-c2nc3ccccc3s2)c(Cl)cc1Cl)c1ccc([N+](=O)[O-])cc1. The highest BCUT2D eigenvalue weighted by Crippen LogP contribution is 2.39. The number of para-hydroxylation sites is 1. The lowest BCUT2D eigenvalue weighted by Gasteiger charge is -2.10. The van der Waals surface area contributed by atoms with Crippen molar-refractivity contribution in [2.24, 2.45) is 0 Å². The Morgan fingerprint density at radius 1 is 1.03 bits per heavy atom. The molecule has 0 aliphatic rings. The maximum Gasteiger partial charge on any atom is 0.269 e. The van der Waals surface area contributed by atoms with E-state index in [1.165, 1.54) is 35.6 Å². The Morgan fingerprint density at radius 3 is 2.45 bits per heavy atom. The fraction of sp³-hybridized carbons (Fsp3) is 0. The number of carbonyl (C=O) groups excluding carboxylic acids is 1. The van der Waals surface area contributed by atoms with E-state index in [-0.39, 0.29) is 16.3 Å². The fourth-order valence-electron chi connectivity index (χ4n) is 2.73. The van der Waals surface area contributed by atoms with Crippen molar-refractivity contribution >= 4 is 62.0 Å². The molecule has 1 aromatic heterocycles. The minimum absolute atomic E-state index is 0.0933. The molecule has 144 valence electrons. The number of non-ortho nitro benzene ring substituents is 1. The van der Waals surface area contributed by atoms with Gasteiger partial charge in [0.15, 0.2) is 0 Å². The monoisotopic (exact) mass is 443 g/mol. The number of amides is 1. The molecule has 1 N–H and O–H groups in total. The van der Waals surface area contributed by atoms with Gasteiger partial charge in [0.2, 0.25) is 0 Å². The lowest BCUT2D eigenvalue weighted by Crippen LogP contribution is -2.12. The molecule has 0 aliphatic heterocycles. The third-order valence-electron chi connectivity index (χ3n) is 4.17. The van der Waals surface area contributed by atoms with E-state index < -0.39 is 10.8 Å². The predicted octanol–water partition coefficient (Wildman–Crippen LogP) is 6.43. The number of fused-ring (bicyclic) bond motifs is 1. The first-order valence-corrected chi connectivity index (χ1v) is 9.90. The van der Waals surface area contributed by atoms with E-state index >= 15 is 0 Å². The quantitative estimate of drug-likeness (QED) is 0.290. The topological polar surface area (TPSA) is 85.1 Å². The van der Waals surface area contributed by atoms with Crippen LogP contribution in [0.1, 0.15) is 10.4 Å². The van der Waals surface area contributed by atoms with Gasteiger partial charge in [0, 0.05) is 23.3 Å². The third kappa shape index (κ3) is 3.93. The number of halogens is 2. The fourth-order valence-corrected chi connectivity index (χ4v) is 4.30. The number of nitro benzene ring substituents is 1. The van der Waals surface area contributed by atoms with Crippen LogP contribution in [0.3, 0.4) is 0 Å². The van der Waals surface area contributed by atoms with Gasteiger partial charge in [-0.25, -0.2) is 4.98 Å². The van der Waals surface area contributed by atoms with E-state index in [0.29, 0.717) is 21.3 Å². The molecular formula is C20H11Cl2N3O3S. The number of nitrogens with one attached hydrogen (secondary N) is 1. The maximum absolute atomic E-state index is 12.5. The van der Waals surface area contributed by atoms with Crippen molar-refractivity contribution < 1.29 is 9.72 Å². The number of hydrogen-bond acceptors (Lipinski definition) is 5. The van der Waals surface area contributed by atoms with Gasteiger partial charge in [-0.2, -0.15) is 0 Å². The van der Waals surface area contributed by atoms with E-state index in [1.54, 1.807) is 12.1 Å². The summed E-state index contributed by atoms with van der Waals surface area (Å²) in [7, 11) is 0. The molecule has 3 aromatic carbocycles. The number of thiazole rings is 1. The molecular weight excluding hydrogens is 433 g/mol. The molecule has 0 atom stereocenters. The Bertz CT molecular complexity index is 1220. The summed E-state index contributed by atoms with van der Waals surface area (Å²) in [6.45, 7) is 0. The molecule has 0 fully saturated rings. The van der Waals surface area contributed by atoms with Crippen molar-refractivity contribution in [3.63, 3.8) is 0 Å². The molecule has 4 aromatic rings. The van der Waals surface area contributed by atoms with E-state index in [4.69, 9.17) is 23.2 Å². The van der Waals surface area contributed by atoms with Crippen LogP contribution in [0.15, 0.2) is 60.7 Å². The summed E-state index contributed by atoms with van der Waals surface area (Å²) >= 11 is 14.1. The zero-order valence-electron chi connectivity index (χ0n) is 14.6.